The second kappa shape index (κ2) is 6.26. The van der Waals surface area contributed by atoms with Crippen LogP contribution in [-0.2, 0) is 12.1 Å². The third-order valence-corrected chi connectivity index (χ3v) is 4.25. The molecule has 0 saturated heterocycles. The van der Waals surface area contributed by atoms with Gasteiger partial charge in [-0.3, -0.25) is 0 Å². The lowest BCUT2D eigenvalue weighted by atomic mass is 10.1. The Balaban J connectivity index is 1.93. The molecule has 0 spiro atoms. The van der Waals surface area contributed by atoms with Crippen molar-refractivity contribution in [2.24, 2.45) is 0 Å². The number of nitrogens with one attached hydrogen (secondary N) is 1. The molecule has 0 aliphatic carbocycles. The standard InChI is InChI=1S/C15H19NO3S/c1-15(18,14-4-3-7-20-14)10-16-9-11-5-6-12(19-2)8-13(11)17/h3-8,16-18H,9-10H2,1-2H3. The lowest BCUT2D eigenvalue weighted by molar-refractivity contribution is 0.0604. The molecule has 1 aromatic carbocycles. The Labute approximate surface area is 122 Å². The van der Waals surface area contributed by atoms with Gasteiger partial charge in [0.05, 0.1) is 7.11 Å². The number of thiophene rings is 1. The van der Waals surface area contributed by atoms with Crippen LogP contribution in [0.25, 0.3) is 0 Å². The first kappa shape index (κ1) is 14.8. The highest BCUT2D eigenvalue weighted by atomic mass is 32.1. The molecule has 5 heteroatoms. The molecule has 0 saturated carbocycles. The Morgan fingerprint density at radius 3 is 2.75 bits per heavy atom. The maximum absolute atomic E-state index is 10.4. The molecule has 2 aromatic rings. The third-order valence-electron chi connectivity index (χ3n) is 3.13. The predicted octanol–water partition coefficient (Wildman–Crippen LogP) is 2.46. The summed E-state index contributed by atoms with van der Waals surface area (Å²) in [5.41, 5.74) is -0.135. The van der Waals surface area contributed by atoms with Crippen LogP contribution in [0.3, 0.4) is 0 Å². The molecule has 0 bridgehead atoms. The minimum Gasteiger partial charge on any atom is -0.507 e. The van der Waals surface area contributed by atoms with Gasteiger partial charge in [-0.15, -0.1) is 11.3 Å². The van der Waals surface area contributed by atoms with E-state index >= 15 is 0 Å². The molecular weight excluding hydrogens is 274 g/mol. The number of rotatable bonds is 6. The second-order valence-electron chi connectivity index (χ2n) is 4.85. The number of hydrogen-bond acceptors (Lipinski definition) is 5. The van der Waals surface area contributed by atoms with Gasteiger partial charge in [0.15, 0.2) is 0 Å². The Bertz CT molecular complexity index is 552. The van der Waals surface area contributed by atoms with Crippen LogP contribution in [0.5, 0.6) is 11.5 Å². The molecule has 1 atom stereocenters. The third kappa shape index (κ3) is 3.50. The zero-order valence-electron chi connectivity index (χ0n) is 11.6. The fourth-order valence-corrected chi connectivity index (χ4v) is 2.72. The number of methoxy groups -OCH3 is 1. The first-order chi connectivity index (χ1) is 9.53. The Morgan fingerprint density at radius 1 is 1.35 bits per heavy atom. The topological polar surface area (TPSA) is 61.7 Å². The highest BCUT2D eigenvalue weighted by Gasteiger charge is 2.23. The molecule has 3 N–H and O–H groups in total. The Morgan fingerprint density at radius 2 is 2.15 bits per heavy atom. The van der Waals surface area contributed by atoms with Crippen LogP contribution in [0.1, 0.15) is 17.4 Å². The lowest BCUT2D eigenvalue weighted by Gasteiger charge is -2.22. The summed E-state index contributed by atoms with van der Waals surface area (Å²) < 4.78 is 5.04. The van der Waals surface area contributed by atoms with E-state index in [2.05, 4.69) is 5.32 Å². The molecule has 1 heterocycles. The Hall–Kier alpha value is -1.56. The Kier molecular flexibility index (Phi) is 4.65. The van der Waals surface area contributed by atoms with Gasteiger partial charge in [-0.2, -0.15) is 0 Å². The van der Waals surface area contributed by atoms with Crippen molar-refractivity contribution in [2.75, 3.05) is 13.7 Å². The highest BCUT2D eigenvalue weighted by Crippen LogP contribution is 2.26. The van der Waals surface area contributed by atoms with Crippen molar-refractivity contribution in [3.05, 3.63) is 46.2 Å². The normalized spacial score (nSPS) is 13.9. The number of phenolic OH excluding ortho intramolecular Hbond substituents is 1. The van der Waals surface area contributed by atoms with Crippen molar-refractivity contribution in [3.63, 3.8) is 0 Å². The van der Waals surface area contributed by atoms with Crippen LogP contribution in [0, 0.1) is 0 Å². The van der Waals surface area contributed by atoms with Crippen LogP contribution >= 0.6 is 11.3 Å². The summed E-state index contributed by atoms with van der Waals surface area (Å²) in [6.45, 7) is 2.68. The zero-order valence-corrected chi connectivity index (χ0v) is 12.4. The number of aliphatic hydroxyl groups is 1. The molecule has 20 heavy (non-hydrogen) atoms. The summed E-state index contributed by atoms with van der Waals surface area (Å²) in [7, 11) is 1.56. The molecule has 4 nitrogen and oxygen atoms in total. The summed E-state index contributed by atoms with van der Waals surface area (Å²) in [5, 5.41) is 25.3. The maximum Gasteiger partial charge on any atom is 0.123 e. The summed E-state index contributed by atoms with van der Waals surface area (Å²) in [6.07, 6.45) is 0. The smallest absolute Gasteiger partial charge is 0.123 e. The molecule has 0 amide bonds. The first-order valence-electron chi connectivity index (χ1n) is 6.36. The molecule has 0 aliphatic heterocycles. The molecular formula is C15H19NO3S. The van der Waals surface area contributed by atoms with E-state index in [0.29, 0.717) is 18.8 Å². The van der Waals surface area contributed by atoms with Gasteiger partial charge in [-0.25, -0.2) is 0 Å². The minimum absolute atomic E-state index is 0.188. The van der Waals surface area contributed by atoms with Crippen LogP contribution in [-0.4, -0.2) is 23.9 Å². The largest absolute Gasteiger partial charge is 0.507 e. The minimum atomic E-state index is -0.906. The molecule has 108 valence electrons. The fourth-order valence-electron chi connectivity index (χ4n) is 1.93. The van der Waals surface area contributed by atoms with Gasteiger partial charge in [0.2, 0.25) is 0 Å². The van der Waals surface area contributed by atoms with Gasteiger partial charge >= 0.3 is 0 Å². The molecule has 2 rings (SSSR count). The van der Waals surface area contributed by atoms with Gasteiger partial charge in [0.1, 0.15) is 17.1 Å². The van der Waals surface area contributed by atoms with Gasteiger partial charge in [-0.1, -0.05) is 12.1 Å². The van der Waals surface area contributed by atoms with Crippen LogP contribution in [0.2, 0.25) is 0 Å². The summed E-state index contributed by atoms with van der Waals surface area (Å²) in [5.74, 6) is 0.810. The molecule has 0 aliphatic rings. The number of hydrogen-bond donors (Lipinski definition) is 3. The summed E-state index contributed by atoms with van der Waals surface area (Å²) in [4.78, 5) is 0.920. The monoisotopic (exact) mass is 293 g/mol. The lowest BCUT2D eigenvalue weighted by Crippen LogP contribution is -2.34. The van der Waals surface area contributed by atoms with Gasteiger partial charge in [0, 0.05) is 29.6 Å². The summed E-state index contributed by atoms with van der Waals surface area (Å²) in [6, 6.07) is 9.02. The molecule has 1 unspecified atom stereocenters. The predicted molar refractivity (Wildman–Crippen MR) is 80.3 cm³/mol. The number of benzene rings is 1. The van der Waals surface area contributed by atoms with Crippen LogP contribution in [0.15, 0.2) is 35.7 Å². The summed E-state index contributed by atoms with van der Waals surface area (Å²) >= 11 is 1.53. The number of ether oxygens (including phenoxy) is 1. The van der Waals surface area contributed by atoms with Crippen molar-refractivity contribution in [3.8, 4) is 11.5 Å². The van der Waals surface area contributed by atoms with E-state index in [1.54, 1.807) is 32.2 Å². The SMILES string of the molecule is COc1ccc(CNCC(C)(O)c2cccs2)c(O)c1. The van der Waals surface area contributed by atoms with Crippen molar-refractivity contribution in [1.82, 2.24) is 5.32 Å². The van der Waals surface area contributed by atoms with Crippen molar-refractivity contribution in [1.29, 1.82) is 0 Å². The van der Waals surface area contributed by atoms with E-state index < -0.39 is 5.60 Å². The highest BCUT2D eigenvalue weighted by molar-refractivity contribution is 7.10. The fraction of sp³-hybridized carbons (Fsp3) is 0.333. The van der Waals surface area contributed by atoms with Crippen LogP contribution in [0.4, 0.5) is 0 Å². The average Bonchev–Trinajstić information content (AvgIpc) is 2.95. The van der Waals surface area contributed by atoms with Crippen LogP contribution < -0.4 is 10.1 Å². The molecule has 0 fully saturated rings. The zero-order chi connectivity index (χ0) is 14.6. The van der Waals surface area contributed by atoms with E-state index in [4.69, 9.17) is 4.74 Å². The molecule has 0 radical (unpaired) electrons. The van der Waals surface area contributed by atoms with E-state index in [-0.39, 0.29) is 5.75 Å². The van der Waals surface area contributed by atoms with Gasteiger partial charge in [0.25, 0.3) is 0 Å². The van der Waals surface area contributed by atoms with E-state index in [1.165, 1.54) is 11.3 Å². The maximum atomic E-state index is 10.4. The quantitative estimate of drug-likeness (QED) is 0.765. The average molecular weight is 293 g/mol. The van der Waals surface area contributed by atoms with E-state index in [9.17, 15) is 10.2 Å². The van der Waals surface area contributed by atoms with Crippen molar-refractivity contribution in [2.45, 2.75) is 19.1 Å². The second-order valence-corrected chi connectivity index (χ2v) is 5.80. The number of phenols is 1. The van der Waals surface area contributed by atoms with E-state index in [1.807, 2.05) is 17.5 Å². The van der Waals surface area contributed by atoms with Crippen molar-refractivity contribution < 1.29 is 14.9 Å². The van der Waals surface area contributed by atoms with Gasteiger partial charge < -0.3 is 20.3 Å². The van der Waals surface area contributed by atoms with E-state index in [0.717, 1.165) is 10.4 Å². The molecule has 1 aromatic heterocycles. The first-order valence-corrected chi connectivity index (χ1v) is 7.24. The van der Waals surface area contributed by atoms with Crippen molar-refractivity contribution >= 4 is 11.3 Å². The van der Waals surface area contributed by atoms with Gasteiger partial charge in [-0.05, 0) is 24.4 Å². The number of aromatic hydroxyl groups is 1.